The molecular weight excluding hydrogens is 348 g/mol. The van der Waals surface area contributed by atoms with Crippen LogP contribution < -0.4 is 10.1 Å². The zero-order valence-corrected chi connectivity index (χ0v) is 15.9. The minimum atomic E-state index is -0.831. The van der Waals surface area contributed by atoms with E-state index in [0.717, 1.165) is 17.1 Å². The van der Waals surface area contributed by atoms with E-state index in [2.05, 4.69) is 15.6 Å². The molecule has 0 fully saturated rings. The van der Waals surface area contributed by atoms with Crippen LogP contribution in [0.5, 0.6) is 5.75 Å². The van der Waals surface area contributed by atoms with Gasteiger partial charge in [-0.1, -0.05) is 12.1 Å². The molecule has 2 aromatic rings. The van der Waals surface area contributed by atoms with Crippen molar-refractivity contribution in [2.24, 2.45) is 0 Å². The molecular formula is C19H26N4O4. The van der Waals surface area contributed by atoms with E-state index in [0.29, 0.717) is 31.5 Å². The quantitative estimate of drug-likeness (QED) is 0.619. The summed E-state index contributed by atoms with van der Waals surface area (Å²) in [6.07, 6.45) is 1.92. The van der Waals surface area contributed by atoms with Gasteiger partial charge in [-0.25, -0.2) is 4.68 Å². The maximum absolute atomic E-state index is 12.4. The smallest absolute Gasteiger partial charge is 0.303 e. The zero-order valence-electron chi connectivity index (χ0n) is 15.9. The molecule has 27 heavy (non-hydrogen) atoms. The molecule has 8 nitrogen and oxygen atoms in total. The monoisotopic (exact) mass is 374 g/mol. The second-order valence-electron chi connectivity index (χ2n) is 6.42. The number of carbonyl (C=O) groups is 2. The third-order valence-corrected chi connectivity index (χ3v) is 3.87. The van der Waals surface area contributed by atoms with Crippen LogP contribution in [0.4, 0.5) is 0 Å². The number of aliphatic carboxylic acids is 1. The first-order chi connectivity index (χ1) is 12.9. The summed E-state index contributed by atoms with van der Waals surface area (Å²) in [5, 5.41) is 19.6. The second-order valence-corrected chi connectivity index (χ2v) is 6.42. The van der Waals surface area contributed by atoms with Gasteiger partial charge in [-0.05, 0) is 57.4 Å². The fraction of sp³-hybridized carbons (Fsp3) is 0.474. The van der Waals surface area contributed by atoms with Crippen molar-refractivity contribution in [3.8, 4) is 11.4 Å². The van der Waals surface area contributed by atoms with Crippen molar-refractivity contribution in [3.63, 3.8) is 0 Å². The number of hydrogen-bond donors (Lipinski definition) is 2. The largest absolute Gasteiger partial charge is 0.491 e. The topological polar surface area (TPSA) is 106 Å². The van der Waals surface area contributed by atoms with Crippen LogP contribution in [0.3, 0.4) is 0 Å². The first-order valence-electron chi connectivity index (χ1n) is 9.14. The normalized spacial score (nSPS) is 10.8. The molecule has 0 saturated carbocycles. The molecule has 2 rings (SSSR count). The van der Waals surface area contributed by atoms with Crippen molar-refractivity contribution in [2.45, 2.75) is 52.6 Å². The molecule has 1 heterocycles. The Morgan fingerprint density at radius 1 is 1.22 bits per heavy atom. The molecule has 0 aliphatic rings. The zero-order chi connectivity index (χ0) is 19.8. The maximum Gasteiger partial charge on any atom is 0.303 e. The average Bonchev–Trinajstić information content (AvgIpc) is 3.05. The van der Waals surface area contributed by atoms with Gasteiger partial charge >= 0.3 is 5.97 Å². The molecule has 8 heteroatoms. The Morgan fingerprint density at radius 3 is 2.52 bits per heavy atom. The van der Waals surface area contributed by atoms with E-state index in [1.165, 1.54) is 0 Å². The number of unbranched alkanes of at least 4 members (excludes halogenated alkanes) is 1. The molecule has 1 aromatic carbocycles. The lowest BCUT2D eigenvalue weighted by atomic mass is 10.2. The van der Waals surface area contributed by atoms with Crippen LogP contribution in [-0.2, 0) is 11.2 Å². The number of amides is 1. The predicted molar refractivity (Wildman–Crippen MR) is 100 cm³/mol. The van der Waals surface area contributed by atoms with E-state index >= 15 is 0 Å². The van der Waals surface area contributed by atoms with Crippen LogP contribution in [0, 0.1) is 0 Å². The average molecular weight is 374 g/mol. The highest BCUT2D eigenvalue weighted by molar-refractivity contribution is 5.93. The summed E-state index contributed by atoms with van der Waals surface area (Å²) in [4.78, 5) is 22.9. The fourth-order valence-electron chi connectivity index (χ4n) is 2.63. The molecule has 0 unspecified atom stereocenters. The molecule has 0 saturated heterocycles. The third-order valence-electron chi connectivity index (χ3n) is 3.87. The molecule has 146 valence electrons. The minimum absolute atomic E-state index is 0.0965. The molecule has 0 spiro atoms. The number of carboxylic acids is 1. The Hall–Kier alpha value is -2.90. The molecule has 0 atom stereocenters. The first-order valence-corrected chi connectivity index (χ1v) is 9.14. The summed E-state index contributed by atoms with van der Waals surface area (Å²) in [5.74, 6) is -0.359. The molecule has 0 bridgehead atoms. The van der Waals surface area contributed by atoms with E-state index in [1.54, 1.807) is 4.68 Å². The van der Waals surface area contributed by atoms with Crippen molar-refractivity contribution in [2.75, 3.05) is 6.54 Å². The lowest BCUT2D eigenvalue weighted by molar-refractivity contribution is -0.137. The summed E-state index contributed by atoms with van der Waals surface area (Å²) >= 11 is 0. The Balaban J connectivity index is 2.05. The lowest BCUT2D eigenvalue weighted by Gasteiger charge is -2.11. The van der Waals surface area contributed by atoms with Crippen LogP contribution in [0.25, 0.3) is 5.69 Å². The van der Waals surface area contributed by atoms with Crippen LogP contribution >= 0.6 is 0 Å². The third kappa shape index (κ3) is 5.80. The Bertz CT molecular complexity index is 769. The summed E-state index contributed by atoms with van der Waals surface area (Å²) in [5.41, 5.74) is 1.81. The van der Waals surface area contributed by atoms with Gasteiger partial charge in [0.05, 0.1) is 17.5 Å². The highest BCUT2D eigenvalue weighted by Crippen LogP contribution is 2.19. The molecule has 1 aromatic heterocycles. The standard InChI is InChI=1S/C19H26N4O4/c1-4-16-18(19(26)20-12-6-5-7-17(24)25)21-22-23(16)14-8-10-15(11-9-14)27-13(2)3/h8-11,13H,4-7,12H2,1-3H3,(H,20,26)(H,24,25). The minimum Gasteiger partial charge on any atom is -0.491 e. The summed E-state index contributed by atoms with van der Waals surface area (Å²) < 4.78 is 7.29. The van der Waals surface area contributed by atoms with Crippen LogP contribution in [0.15, 0.2) is 24.3 Å². The van der Waals surface area contributed by atoms with Crippen molar-refractivity contribution in [3.05, 3.63) is 35.7 Å². The van der Waals surface area contributed by atoms with E-state index < -0.39 is 5.97 Å². The number of nitrogens with zero attached hydrogens (tertiary/aromatic N) is 3. The van der Waals surface area contributed by atoms with E-state index in [4.69, 9.17) is 9.84 Å². The SMILES string of the molecule is CCc1c(C(=O)NCCCCC(=O)O)nnn1-c1ccc(OC(C)C)cc1. The van der Waals surface area contributed by atoms with Gasteiger partial charge in [-0.15, -0.1) is 5.10 Å². The van der Waals surface area contributed by atoms with Crippen molar-refractivity contribution in [1.29, 1.82) is 0 Å². The molecule has 1 amide bonds. The molecule has 0 radical (unpaired) electrons. The van der Waals surface area contributed by atoms with Gasteiger partial charge in [-0.2, -0.15) is 0 Å². The number of benzene rings is 1. The van der Waals surface area contributed by atoms with E-state index in [9.17, 15) is 9.59 Å². The van der Waals surface area contributed by atoms with Crippen molar-refractivity contribution < 1.29 is 19.4 Å². The molecule has 0 aliphatic carbocycles. The fourth-order valence-corrected chi connectivity index (χ4v) is 2.63. The highest BCUT2D eigenvalue weighted by atomic mass is 16.5. The van der Waals surface area contributed by atoms with Crippen LogP contribution in [0.1, 0.15) is 56.2 Å². The second kappa shape index (κ2) is 9.70. The van der Waals surface area contributed by atoms with Crippen LogP contribution in [0.2, 0.25) is 0 Å². The molecule has 2 N–H and O–H groups in total. The number of nitrogens with one attached hydrogen (secondary N) is 1. The predicted octanol–water partition coefficient (Wildman–Crippen LogP) is 2.60. The van der Waals surface area contributed by atoms with Gasteiger partial charge in [0.1, 0.15) is 5.75 Å². The number of ether oxygens (including phenoxy) is 1. The van der Waals surface area contributed by atoms with Gasteiger partial charge in [-0.3, -0.25) is 9.59 Å². The highest BCUT2D eigenvalue weighted by Gasteiger charge is 2.19. The van der Waals surface area contributed by atoms with Crippen LogP contribution in [-0.4, -0.2) is 44.6 Å². The van der Waals surface area contributed by atoms with E-state index in [1.807, 2.05) is 45.0 Å². The number of hydrogen-bond acceptors (Lipinski definition) is 5. The van der Waals surface area contributed by atoms with E-state index in [-0.39, 0.29) is 18.4 Å². The van der Waals surface area contributed by atoms with Gasteiger partial charge in [0.25, 0.3) is 5.91 Å². The summed E-state index contributed by atoms with van der Waals surface area (Å²) in [6.45, 7) is 6.28. The number of carboxylic acid groups (broad SMARTS) is 1. The van der Waals surface area contributed by atoms with Gasteiger partial charge in [0, 0.05) is 13.0 Å². The Labute approximate surface area is 158 Å². The summed E-state index contributed by atoms with van der Waals surface area (Å²) in [6, 6.07) is 7.47. The van der Waals surface area contributed by atoms with Crippen molar-refractivity contribution >= 4 is 11.9 Å². The number of carbonyl (C=O) groups excluding carboxylic acids is 1. The number of rotatable bonds is 10. The number of aromatic nitrogens is 3. The lowest BCUT2D eigenvalue weighted by Crippen LogP contribution is -2.26. The summed E-state index contributed by atoms with van der Waals surface area (Å²) in [7, 11) is 0. The Kier molecular flexibility index (Phi) is 7.34. The van der Waals surface area contributed by atoms with Gasteiger partial charge in [0.2, 0.25) is 0 Å². The van der Waals surface area contributed by atoms with Gasteiger partial charge in [0.15, 0.2) is 5.69 Å². The Morgan fingerprint density at radius 2 is 1.93 bits per heavy atom. The van der Waals surface area contributed by atoms with Gasteiger partial charge < -0.3 is 15.2 Å². The molecule has 0 aliphatic heterocycles. The van der Waals surface area contributed by atoms with Crippen molar-refractivity contribution in [1.82, 2.24) is 20.3 Å². The first kappa shape index (κ1) is 20.4. The maximum atomic E-state index is 12.4.